The van der Waals surface area contributed by atoms with Gasteiger partial charge in [-0.05, 0) is 31.9 Å². The van der Waals surface area contributed by atoms with E-state index < -0.39 is 15.2 Å². The van der Waals surface area contributed by atoms with Gasteiger partial charge in [-0.25, -0.2) is 13.4 Å². The van der Waals surface area contributed by atoms with Gasteiger partial charge in [0.05, 0.1) is 4.90 Å². The highest BCUT2D eigenvalue weighted by Gasteiger charge is 2.38. The van der Waals surface area contributed by atoms with Gasteiger partial charge in [0.2, 0.25) is 9.84 Å². The van der Waals surface area contributed by atoms with Crippen LogP contribution in [-0.4, -0.2) is 26.3 Å². The van der Waals surface area contributed by atoms with Crippen LogP contribution in [-0.2, 0) is 14.6 Å². The average molecular weight is 323 g/mol. The maximum absolute atomic E-state index is 12.7. The molecule has 0 aliphatic carbocycles. The van der Waals surface area contributed by atoms with Gasteiger partial charge < -0.3 is 4.74 Å². The van der Waals surface area contributed by atoms with Crippen molar-refractivity contribution in [1.82, 2.24) is 0 Å². The number of rotatable bonds is 8. The summed E-state index contributed by atoms with van der Waals surface area (Å²) >= 11 is 0. The van der Waals surface area contributed by atoms with Crippen molar-refractivity contribution in [3.8, 4) is 0 Å². The molecule has 0 N–H and O–H groups in total. The fourth-order valence-corrected chi connectivity index (χ4v) is 4.25. The summed E-state index contributed by atoms with van der Waals surface area (Å²) in [6.45, 7) is 4.12. The number of hydrogen-bond acceptors (Lipinski definition) is 4. The van der Waals surface area contributed by atoms with Crippen molar-refractivity contribution in [3.05, 3.63) is 29.8 Å². The van der Waals surface area contributed by atoms with Crippen LogP contribution in [0.3, 0.4) is 0 Å². The number of hydrogen-bond donors (Lipinski definition) is 0. The first-order chi connectivity index (χ1) is 10.6. The zero-order valence-corrected chi connectivity index (χ0v) is 14.2. The fourth-order valence-electron chi connectivity index (χ4n) is 2.64. The Hall–Kier alpha value is -1.36. The van der Waals surface area contributed by atoms with Crippen molar-refractivity contribution < 1.29 is 13.2 Å². The smallest absolute Gasteiger partial charge is 0.205 e. The van der Waals surface area contributed by atoms with Gasteiger partial charge in [0, 0.05) is 0 Å². The van der Waals surface area contributed by atoms with Gasteiger partial charge >= 0.3 is 0 Å². The molecule has 4 nitrogen and oxygen atoms in total. The van der Waals surface area contributed by atoms with E-state index in [2.05, 4.69) is 11.9 Å². The highest BCUT2D eigenvalue weighted by Crippen LogP contribution is 2.27. The molecule has 0 bridgehead atoms. The molecule has 122 valence electrons. The number of ether oxygens (including phenoxy) is 1. The lowest BCUT2D eigenvalue weighted by Gasteiger charge is -2.17. The van der Waals surface area contributed by atoms with E-state index in [0.29, 0.717) is 4.90 Å². The Balaban J connectivity index is 1.99. The quantitative estimate of drug-likeness (QED) is 0.682. The molecule has 0 saturated carbocycles. The molecular weight excluding hydrogens is 298 g/mol. The van der Waals surface area contributed by atoms with E-state index in [1.165, 1.54) is 25.7 Å². The van der Waals surface area contributed by atoms with Crippen molar-refractivity contribution in [3.63, 3.8) is 0 Å². The molecule has 0 saturated heterocycles. The van der Waals surface area contributed by atoms with Crippen molar-refractivity contribution in [2.45, 2.75) is 68.7 Å². The Bertz CT molecular complexity index is 593. The standard InChI is InChI=1S/C17H25NO3S/c1-3-4-5-6-7-8-16-17(18-13-21-16)22(19,20)15-11-9-14(2)10-12-15/h9-13,16-17H,3-8H2,1-2H3/t16-,17-/m0/s1. The fraction of sp³-hybridized carbons (Fsp3) is 0.588. The molecule has 22 heavy (non-hydrogen) atoms. The summed E-state index contributed by atoms with van der Waals surface area (Å²) in [6, 6.07) is 6.92. The minimum atomic E-state index is -3.47. The Morgan fingerprint density at radius 2 is 1.77 bits per heavy atom. The van der Waals surface area contributed by atoms with Crippen LogP contribution in [0.15, 0.2) is 34.2 Å². The lowest BCUT2D eigenvalue weighted by molar-refractivity contribution is 0.205. The van der Waals surface area contributed by atoms with E-state index >= 15 is 0 Å². The third kappa shape index (κ3) is 4.09. The average Bonchev–Trinajstić information content (AvgIpc) is 2.97. The Morgan fingerprint density at radius 3 is 2.45 bits per heavy atom. The molecule has 2 atom stereocenters. The molecule has 5 heteroatoms. The third-order valence-electron chi connectivity index (χ3n) is 4.02. The molecule has 1 heterocycles. The second kappa shape index (κ2) is 7.77. The Morgan fingerprint density at radius 1 is 1.09 bits per heavy atom. The first kappa shape index (κ1) is 17.0. The van der Waals surface area contributed by atoms with Gasteiger partial charge in [-0.1, -0.05) is 50.3 Å². The molecule has 0 amide bonds. The van der Waals surface area contributed by atoms with Crippen molar-refractivity contribution in [2.75, 3.05) is 0 Å². The Labute approximate surface area is 133 Å². The molecule has 0 radical (unpaired) electrons. The van der Waals surface area contributed by atoms with Crippen LogP contribution < -0.4 is 0 Å². The van der Waals surface area contributed by atoms with Gasteiger partial charge in [-0.3, -0.25) is 0 Å². The second-order valence-corrected chi connectivity index (χ2v) is 7.92. The van der Waals surface area contributed by atoms with Crippen LogP contribution in [0.5, 0.6) is 0 Å². The van der Waals surface area contributed by atoms with Crippen molar-refractivity contribution in [2.24, 2.45) is 4.99 Å². The number of aliphatic imine (C=N–C) groups is 1. The van der Waals surface area contributed by atoms with Crippen LogP contribution in [0.4, 0.5) is 0 Å². The monoisotopic (exact) mass is 323 g/mol. The van der Waals surface area contributed by atoms with Gasteiger partial charge in [0.25, 0.3) is 0 Å². The molecular formula is C17H25NO3S. The number of unbranched alkanes of at least 4 members (excludes halogenated alkanes) is 4. The molecule has 1 aliphatic heterocycles. The summed E-state index contributed by atoms with van der Waals surface area (Å²) in [6.07, 6.45) is 7.40. The number of benzene rings is 1. The Kier molecular flexibility index (Phi) is 6.00. The van der Waals surface area contributed by atoms with Gasteiger partial charge in [-0.2, -0.15) is 0 Å². The summed E-state index contributed by atoms with van der Waals surface area (Å²) < 4.78 is 30.8. The predicted molar refractivity (Wildman–Crippen MR) is 88.9 cm³/mol. The first-order valence-corrected chi connectivity index (χ1v) is 9.58. The molecule has 1 aromatic rings. The summed E-state index contributed by atoms with van der Waals surface area (Å²) in [5.74, 6) is 0. The topological polar surface area (TPSA) is 55.7 Å². The van der Waals surface area contributed by atoms with Gasteiger partial charge in [0.15, 0.2) is 11.8 Å². The van der Waals surface area contributed by atoms with Crippen LogP contribution in [0.1, 0.15) is 51.0 Å². The minimum absolute atomic E-state index is 0.321. The lowest BCUT2D eigenvalue weighted by atomic mass is 10.1. The number of nitrogens with zero attached hydrogens (tertiary/aromatic N) is 1. The van der Waals surface area contributed by atoms with E-state index in [1.54, 1.807) is 12.1 Å². The molecule has 0 fully saturated rings. The second-order valence-electron chi connectivity index (χ2n) is 5.88. The van der Waals surface area contributed by atoms with E-state index in [1.807, 2.05) is 19.1 Å². The van der Waals surface area contributed by atoms with E-state index in [4.69, 9.17) is 4.74 Å². The predicted octanol–water partition coefficient (Wildman–Crippen LogP) is 3.88. The zero-order valence-electron chi connectivity index (χ0n) is 13.4. The highest BCUT2D eigenvalue weighted by molar-refractivity contribution is 7.92. The number of aryl methyl sites for hydroxylation is 1. The first-order valence-electron chi connectivity index (χ1n) is 8.03. The summed E-state index contributed by atoms with van der Waals surface area (Å²) in [4.78, 5) is 4.39. The van der Waals surface area contributed by atoms with E-state index in [0.717, 1.165) is 24.8 Å². The molecule has 1 aromatic carbocycles. The van der Waals surface area contributed by atoms with E-state index in [-0.39, 0.29) is 6.10 Å². The van der Waals surface area contributed by atoms with Gasteiger partial charge in [0.1, 0.15) is 6.10 Å². The van der Waals surface area contributed by atoms with Crippen molar-refractivity contribution >= 4 is 16.2 Å². The van der Waals surface area contributed by atoms with E-state index in [9.17, 15) is 8.42 Å². The maximum atomic E-state index is 12.7. The molecule has 0 unspecified atom stereocenters. The summed E-state index contributed by atoms with van der Waals surface area (Å²) in [7, 11) is -3.47. The minimum Gasteiger partial charge on any atom is -0.477 e. The van der Waals surface area contributed by atoms with Crippen LogP contribution in [0.25, 0.3) is 0 Å². The maximum Gasteiger partial charge on any atom is 0.205 e. The molecule has 1 aliphatic rings. The summed E-state index contributed by atoms with van der Waals surface area (Å²) in [5, 5.41) is -0.804. The van der Waals surface area contributed by atoms with Gasteiger partial charge in [-0.15, -0.1) is 0 Å². The van der Waals surface area contributed by atoms with Crippen LogP contribution in [0, 0.1) is 6.92 Å². The van der Waals surface area contributed by atoms with Crippen LogP contribution in [0.2, 0.25) is 0 Å². The van der Waals surface area contributed by atoms with Crippen molar-refractivity contribution in [1.29, 1.82) is 0 Å². The SMILES string of the molecule is CCCCCCC[C@@H]1OC=N[C@H]1S(=O)(=O)c1ccc(C)cc1. The zero-order chi connectivity index (χ0) is 16.0. The normalized spacial score (nSPS) is 21.0. The van der Waals surface area contributed by atoms with Crippen LogP contribution >= 0.6 is 0 Å². The number of sulfone groups is 1. The largest absolute Gasteiger partial charge is 0.477 e. The lowest BCUT2D eigenvalue weighted by Crippen LogP contribution is -2.30. The molecule has 0 spiro atoms. The highest BCUT2D eigenvalue weighted by atomic mass is 32.2. The molecule has 0 aromatic heterocycles. The summed E-state index contributed by atoms with van der Waals surface area (Å²) in [5.41, 5.74) is 1.04. The third-order valence-corrected chi connectivity index (χ3v) is 6.01. The molecule has 2 rings (SSSR count).